The molecule has 1 N–H and O–H groups in total. The van der Waals surface area contributed by atoms with Crippen molar-refractivity contribution in [2.45, 2.75) is 12.6 Å². The van der Waals surface area contributed by atoms with Gasteiger partial charge in [-0.05, 0) is 18.6 Å². The van der Waals surface area contributed by atoms with Crippen LogP contribution in [-0.2, 0) is 11.0 Å². The number of alkyl halides is 3. The van der Waals surface area contributed by atoms with Gasteiger partial charge in [-0.2, -0.15) is 13.2 Å². The van der Waals surface area contributed by atoms with E-state index < -0.39 is 23.6 Å². The third kappa shape index (κ3) is 2.39. The second-order valence-corrected chi connectivity index (χ2v) is 4.14. The number of pyridine rings is 1. The van der Waals surface area contributed by atoms with E-state index in [1.54, 1.807) is 0 Å². The number of anilines is 1. The van der Waals surface area contributed by atoms with Crippen molar-refractivity contribution in [3.05, 3.63) is 23.9 Å². The first-order valence-corrected chi connectivity index (χ1v) is 5.39. The van der Waals surface area contributed by atoms with Gasteiger partial charge >= 0.3 is 12.1 Å². The van der Waals surface area contributed by atoms with E-state index in [0.717, 1.165) is 6.07 Å². The summed E-state index contributed by atoms with van der Waals surface area (Å²) >= 11 is 0. The van der Waals surface area contributed by atoms with Gasteiger partial charge in [0.05, 0.1) is 11.5 Å². The van der Waals surface area contributed by atoms with Gasteiger partial charge in [-0.3, -0.25) is 4.79 Å². The Hall–Kier alpha value is -1.79. The number of nitrogens with zero attached hydrogens (tertiary/aromatic N) is 2. The molecule has 1 aromatic heterocycles. The summed E-state index contributed by atoms with van der Waals surface area (Å²) in [5.74, 6) is -1.80. The summed E-state index contributed by atoms with van der Waals surface area (Å²) in [5.41, 5.74) is -0.823. The van der Waals surface area contributed by atoms with Crippen LogP contribution in [0.1, 0.15) is 12.0 Å². The lowest BCUT2D eigenvalue weighted by atomic mass is 10.1. The molecule has 0 spiro atoms. The van der Waals surface area contributed by atoms with Gasteiger partial charge in [-0.15, -0.1) is 0 Å². The quantitative estimate of drug-likeness (QED) is 0.883. The van der Waals surface area contributed by atoms with Gasteiger partial charge in [0.25, 0.3) is 0 Å². The Balaban J connectivity index is 2.27. The molecule has 2 heterocycles. The highest BCUT2D eigenvalue weighted by atomic mass is 19.4. The maximum Gasteiger partial charge on any atom is 0.419 e. The molecule has 0 aliphatic carbocycles. The lowest BCUT2D eigenvalue weighted by molar-refractivity contribution is -0.141. The van der Waals surface area contributed by atoms with E-state index in [4.69, 9.17) is 5.11 Å². The predicted octanol–water partition coefficient (Wildman–Crippen LogP) is 2.01. The van der Waals surface area contributed by atoms with Crippen molar-refractivity contribution in [1.29, 1.82) is 0 Å². The standard InChI is InChI=1S/C11H11F3N2O2/c12-11(13,14)8-2-1-4-15-9(8)16-5-3-7(6-16)10(17)18/h1-2,4,7H,3,5-6H2,(H,17,18)/t7-/m1/s1. The van der Waals surface area contributed by atoms with Crippen LogP contribution in [0.2, 0.25) is 0 Å². The number of halogens is 3. The zero-order valence-electron chi connectivity index (χ0n) is 9.31. The third-order valence-electron chi connectivity index (χ3n) is 2.93. The molecule has 0 bridgehead atoms. The van der Waals surface area contributed by atoms with Crippen LogP contribution in [0.5, 0.6) is 0 Å². The molecule has 1 saturated heterocycles. The second-order valence-electron chi connectivity index (χ2n) is 4.14. The SMILES string of the molecule is O=C(O)[C@@H]1CCN(c2ncccc2C(F)(F)F)C1. The van der Waals surface area contributed by atoms with Gasteiger partial charge in [0.1, 0.15) is 5.82 Å². The minimum Gasteiger partial charge on any atom is -0.481 e. The van der Waals surface area contributed by atoms with Crippen LogP contribution in [0, 0.1) is 5.92 Å². The van der Waals surface area contributed by atoms with Crippen LogP contribution in [0.25, 0.3) is 0 Å². The molecule has 98 valence electrons. The number of carboxylic acid groups (broad SMARTS) is 1. The van der Waals surface area contributed by atoms with E-state index in [2.05, 4.69) is 4.98 Å². The fraction of sp³-hybridized carbons (Fsp3) is 0.455. The van der Waals surface area contributed by atoms with Crippen molar-refractivity contribution in [3.8, 4) is 0 Å². The number of rotatable bonds is 2. The molecular formula is C11H11F3N2O2. The molecule has 1 aliphatic rings. The summed E-state index contributed by atoms with van der Waals surface area (Å²) in [5, 5.41) is 8.84. The molecule has 0 radical (unpaired) electrons. The van der Waals surface area contributed by atoms with E-state index >= 15 is 0 Å². The highest BCUT2D eigenvalue weighted by molar-refractivity contribution is 5.72. The van der Waals surface area contributed by atoms with Gasteiger partial charge in [-0.25, -0.2) is 4.98 Å². The van der Waals surface area contributed by atoms with E-state index in [-0.39, 0.29) is 18.9 Å². The van der Waals surface area contributed by atoms with Crippen LogP contribution >= 0.6 is 0 Å². The second kappa shape index (κ2) is 4.47. The molecule has 7 heteroatoms. The first-order valence-electron chi connectivity index (χ1n) is 5.39. The highest BCUT2D eigenvalue weighted by Gasteiger charge is 2.38. The van der Waals surface area contributed by atoms with Gasteiger partial charge < -0.3 is 10.0 Å². The van der Waals surface area contributed by atoms with Crippen molar-refractivity contribution >= 4 is 11.8 Å². The van der Waals surface area contributed by atoms with Crippen molar-refractivity contribution < 1.29 is 23.1 Å². The monoisotopic (exact) mass is 260 g/mol. The molecular weight excluding hydrogens is 249 g/mol. The molecule has 0 unspecified atom stereocenters. The molecule has 0 amide bonds. The van der Waals surface area contributed by atoms with E-state index in [0.29, 0.717) is 6.42 Å². The fourth-order valence-electron chi connectivity index (χ4n) is 2.02. The molecule has 4 nitrogen and oxygen atoms in total. The Kier molecular flexibility index (Phi) is 3.14. The summed E-state index contributed by atoms with van der Waals surface area (Å²) in [4.78, 5) is 15.9. The number of aromatic nitrogens is 1. The lowest BCUT2D eigenvalue weighted by Crippen LogP contribution is -2.26. The summed E-state index contributed by atoms with van der Waals surface area (Å²) in [6.07, 6.45) is -2.87. The van der Waals surface area contributed by atoms with Crippen molar-refractivity contribution in [1.82, 2.24) is 4.98 Å². The van der Waals surface area contributed by atoms with Crippen molar-refractivity contribution in [2.24, 2.45) is 5.92 Å². The zero-order valence-corrected chi connectivity index (χ0v) is 9.31. The average molecular weight is 260 g/mol. The molecule has 2 rings (SSSR count). The Labute approximate surface area is 101 Å². The Morgan fingerprint density at radius 1 is 1.50 bits per heavy atom. The molecule has 1 aliphatic heterocycles. The first kappa shape index (κ1) is 12.7. The number of hydrogen-bond acceptors (Lipinski definition) is 3. The topological polar surface area (TPSA) is 53.4 Å². The maximum absolute atomic E-state index is 12.8. The minimum absolute atomic E-state index is 0.0649. The van der Waals surface area contributed by atoms with Crippen molar-refractivity contribution in [3.63, 3.8) is 0 Å². The summed E-state index contributed by atoms with van der Waals surface area (Å²) in [6.45, 7) is 0.340. The molecule has 1 fully saturated rings. The Morgan fingerprint density at radius 2 is 2.22 bits per heavy atom. The molecule has 1 aromatic rings. The molecule has 1 atom stereocenters. The van der Waals surface area contributed by atoms with Gasteiger partial charge in [0.2, 0.25) is 0 Å². The minimum atomic E-state index is -4.48. The average Bonchev–Trinajstić information content (AvgIpc) is 2.77. The van der Waals surface area contributed by atoms with Crippen LogP contribution in [-0.4, -0.2) is 29.1 Å². The number of aliphatic carboxylic acids is 1. The summed E-state index contributed by atoms with van der Waals surface area (Å²) in [6, 6.07) is 2.17. The predicted molar refractivity (Wildman–Crippen MR) is 57.2 cm³/mol. The molecule has 0 aromatic carbocycles. The Morgan fingerprint density at radius 3 is 2.78 bits per heavy atom. The van der Waals surface area contributed by atoms with Crippen LogP contribution in [0.4, 0.5) is 19.0 Å². The third-order valence-corrected chi connectivity index (χ3v) is 2.93. The van der Waals surface area contributed by atoms with Crippen LogP contribution in [0.3, 0.4) is 0 Å². The highest BCUT2D eigenvalue weighted by Crippen LogP contribution is 2.36. The molecule has 18 heavy (non-hydrogen) atoms. The number of carboxylic acids is 1. The van der Waals surface area contributed by atoms with Crippen LogP contribution < -0.4 is 4.90 Å². The van der Waals surface area contributed by atoms with Crippen LogP contribution in [0.15, 0.2) is 18.3 Å². The van der Waals surface area contributed by atoms with Crippen molar-refractivity contribution in [2.75, 3.05) is 18.0 Å². The summed E-state index contributed by atoms with van der Waals surface area (Å²) in [7, 11) is 0. The summed E-state index contributed by atoms with van der Waals surface area (Å²) < 4.78 is 38.3. The van der Waals surface area contributed by atoms with E-state index in [1.165, 1.54) is 17.2 Å². The largest absolute Gasteiger partial charge is 0.481 e. The zero-order chi connectivity index (χ0) is 13.3. The van der Waals surface area contributed by atoms with E-state index in [1.807, 2.05) is 0 Å². The van der Waals surface area contributed by atoms with E-state index in [9.17, 15) is 18.0 Å². The lowest BCUT2D eigenvalue weighted by Gasteiger charge is -2.21. The first-order chi connectivity index (χ1) is 8.39. The smallest absolute Gasteiger partial charge is 0.419 e. The number of carbonyl (C=O) groups is 1. The van der Waals surface area contributed by atoms with Gasteiger partial charge in [0.15, 0.2) is 0 Å². The van der Waals surface area contributed by atoms with Gasteiger partial charge in [0, 0.05) is 19.3 Å². The number of hydrogen-bond donors (Lipinski definition) is 1. The Bertz CT molecular complexity index is 462. The normalized spacial score (nSPS) is 20.2. The molecule has 0 saturated carbocycles. The maximum atomic E-state index is 12.8. The fourth-order valence-corrected chi connectivity index (χ4v) is 2.02. The van der Waals surface area contributed by atoms with Gasteiger partial charge in [-0.1, -0.05) is 0 Å².